The summed E-state index contributed by atoms with van der Waals surface area (Å²) in [6, 6.07) is 8.54. The van der Waals surface area contributed by atoms with E-state index in [0.29, 0.717) is 5.75 Å². The maximum Gasteiger partial charge on any atom is 0.645 e. The minimum atomic E-state index is -3.68. The van der Waals surface area contributed by atoms with Crippen LogP contribution in [0.3, 0.4) is 0 Å². The van der Waals surface area contributed by atoms with E-state index in [0.717, 1.165) is 12.5 Å². The number of hydrogen-bond donors (Lipinski definition) is 0. The quantitative estimate of drug-likeness (QED) is 0.550. The summed E-state index contributed by atoms with van der Waals surface area (Å²) >= 11 is 0. The van der Waals surface area contributed by atoms with Crippen LogP contribution in [-0.4, -0.2) is 0 Å². The highest BCUT2D eigenvalue weighted by molar-refractivity contribution is 7.49. The van der Waals surface area contributed by atoms with Gasteiger partial charge >= 0.3 is 7.82 Å². The molecule has 0 aliphatic heterocycles. The molecule has 0 unspecified atom stereocenters. The van der Waals surface area contributed by atoms with E-state index in [4.69, 9.17) is 4.52 Å². The Morgan fingerprint density at radius 1 is 1.07 bits per heavy atom. The molecule has 0 bridgehead atoms. The minimum Gasteiger partial charge on any atom is -0.395 e. The number of rotatable bonds is 6. The normalized spacial score (nSPS) is 10.1. The molecule has 0 spiro atoms. The Morgan fingerprint density at radius 3 is 2.07 bits per heavy atom. The first-order valence-electron chi connectivity index (χ1n) is 4.13. The maximum atomic E-state index is 11.8. The van der Waals surface area contributed by atoms with Crippen LogP contribution in [0.4, 0.5) is 0 Å². The van der Waals surface area contributed by atoms with Crippen molar-refractivity contribution in [2.45, 2.75) is 0 Å². The summed E-state index contributed by atoms with van der Waals surface area (Å²) in [4.78, 5) is 0. The smallest absolute Gasteiger partial charge is 0.395 e. The molecule has 0 aliphatic carbocycles. The molecule has 0 aliphatic rings. The molecule has 80 valence electrons. The van der Waals surface area contributed by atoms with Crippen molar-refractivity contribution in [3.05, 3.63) is 56.0 Å². The van der Waals surface area contributed by atoms with Crippen LogP contribution in [0.2, 0.25) is 0 Å². The predicted molar refractivity (Wildman–Crippen MR) is 57.2 cm³/mol. The Morgan fingerprint density at radius 2 is 1.60 bits per heavy atom. The SMILES string of the molecule is C=COP(=O)(OC=C)Oc1ccccc1. The van der Waals surface area contributed by atoms with E-state index in [9.17, 15) is 4.57 Å². The summed E-state index contributed by atoms with van der Waals surface area (Å²) < 4.78 is 26.2. The lowest BCUT2D eigenvalue weighted by Crippen LogP contribution is -1.95. The summed E-state index contributed by atoms with van der Waals surface area (Å²) in [5.74, 6) is 0.379. The van der Waals surface area contributed by atoms with Gasteiger partial charge in [0, 0.05) is 0 Å². The maximum absolute atomic E-state index is 11.8. The summed E-state index contributed by atoms with van der Waals surface area (Å²) in [5, 5.41) is 0. The molecule has 0 heterocycles. The monoisotopic (exact) mass is 226 g/mol. The molecule has 0 amide bonds. The van der Waals surface area contributed by atoms with Crippen LogP contribution in [0.25, 0.3) is 0 Å². The van der Waals surface area contributed by atoms with E-state index in [-0.39, 0.29) is 0 Å². The highest BCUT2D eigenvalue weighted by Crippen LogP contribution is 2.49. The van der Waals surface area contributed by atoms with Gasteiger partial charge in [-0.15, -0.1) is 0 Å². The molecule has 0 radical (unpaired) electrons. The third-order valence-electron chi connectivity index (χ3n) is 1.37. The fraction of sp³-hybridized carbons (Fsp3) is 0. The molecule has 0 atom stereocenters. The number of para-hydroxylation sites is 1. The molecule has 1 rings (SSSR count). The zero-order valence-electron chi connectivity index (χ0n) is 8.04. The minimum absolute atomic E-state index is 0.379. The number of phosphoric acid groups is 1. The van der Waals surface area contributed by atoms with E-state index in [2.05, 4.69) is 22.2 Å². The van der Waals surface area contributed by atoms with E-state index in [1.807, 2.05) is 0 Å². The summed E-state index contributed by atoms with van der Waals surface area (Å²) in [6.07, 6.45) is 1.99. The van der Waals surface area contributed by atoms with Crippen molar-refractivity contribution in [3.63, 3.8) is 0 Å². The second-order valence-corrected chi connectivity index (χ2v) is 3.89. The van der Waals surface area contributed by atoms with Crippen LogP contribution >= 0.6 is 7.82 Å². The van der Waals surface area contributed by atoms with Gasteiger partial charge < -0.3 is 13.6 Å². The number of hydrogen-bond acceptors (Lipinski definition) is 4. The van der Waals surface area contributed by atoms with E-state index in [1.54, 1.807) is 30.3 Å². The van der Waals surface area contributed by atoms with Gasteiger partial charge in [-0.3, -0.25) is 0 Å². The first-order valence-corrected chi connectivity index (χ1v) is 5.59. The van der Waals surface area contributed by atoms with Crippen molar-refractivity contribution < 1.29 is 18.1 Å². The standard InChI is InChI=1S/C10H11O4P/c1-3-12-15(11,13-4-2)14-10-8-6-5-7-9-10/h3-9H,1-2H2. The molecule has 0 aromatic heterocycles. The van der Waals surface area contributed by atoms with Crippen LogP contribution < -0.4 is 4.52 Å². The van der Waals surface area contributed by atoms with Gasteiger partial charge in [0.1, 0.15) is 5.75 Å². The average Bonchev–Trinajstić information content (AvgIpc) is 2.19. The van der Waals surface area contributed by atoms with Gasteiger partial charge in [0.15, 0.2) is 0 Å². The fourth-order valence-electron chi connectivity index (χ4n) is 0.861. The van der Waals surface area contributed by atoms with Crippen LogP contribution in [0.5, 0.6) is 5.75 Å². The van der Waals surface area contributed by atoms with Gasteiger partial charge in [-0.1, -0.05) is 31.4 Å². The van der Waals surface area contributed by atoms with Crippen molar-refractivity contribution in [3.8, 4) is 5.75 Å². The van der Waals surface area contributed by atoms with Crippen LogP contribution in [-0.2, 0) is 13.6 Å². The van der Waals surface area contributed by atoms with E-state index >= 15 is 0 Å². The number of benzene rings is 1. The predicted octanol–water partition coefficient (Wildman–Crippen LogP) is 3.49. The van der Waals surface area contributed by atoms with Crippen LogP contribution in [0.1, 0.15) is 0 Å². The Labute approximate surface area is 88.4 Å². The molecule has 4 nitrogen and oxygen atoms in total. The van der Waals surface area contributed by atoms with Gasteiger partial charge in [-0.25, -0.2) is 0 Å². The largest absolute Gasteiger partial charge is 0.645 e. The van der Waals surface area contributed by atoms with E-state index in [1.165, 1.54) is 0 Å². The van der Waals surface area contributed by atoms with Crippen LogP contribution in [0.15, 0.2) is 56.0 Å². The van der Waals surface area contributed by atoms with Gasteiger partial charge in [0.2, 0.25) is 0 Å². The molecule has 1 aromatic carbocycles. The van der Waals surface area contributed by atoms with Crippen molar-refractivity contribution in [1.82, 2.24) is 0 Å². The van der Waals surface area contributed by atoms with Gasteiger partial charge in [-0.2, -0.15) is 4.57 Å². The highest BCUT2D eigenvalue weighted by Gasteiger charge is 2.28. The van der Waals surface area contributed by atoms with Gasteiger partial charge in [0.25, 0.3) is 0 Å². The van der Waals surface area contributed by atoms with Crippen LogP contribution in [0, 0.1) is 0 Å². The lowest BCUT2D eigenvalue weighted by atomic mass is 10.3. The van der Waals surface area contributed by atoms with Crippen molar-refractivity contribution in [1.29, 1.82) is 0 Å². The number of phosphoric ester groups is 1. The molecular weight excluding hydrogens is 215 g/mol. The fourth-order valence-corrected chi connectivity index (χ4v) is 1.74. The lowest BCUT2D eigenvalue weighted by molar-refractivity contribution is 0.252. The molecule has 0 saturated heterocycles. The zero-order chi connectivity index (χ0) is 11.1. The van der Waals surface area contributed by atoms with Crippen molar-refractivity contribution >= 4 is 7.82 Å². The Balaban J connectivity index is 2.79. The highest BCUT2D eigenvalue weighted by atomic mass is 31.2. The summed E-state index contributed by atoms with van der Waals surface area (Å²) in [6.45, 7) is 6.56. The van der Waals surface area contributed by atoms with Gasteiger partial charge in [0.05, 0.1) is 12.5 Å². The first-order chi connectivity index (χ1) is 7.20. The third kappa shape index (κ3) is 3.52. The average molecular weight is 226 g/mol. The van der Waals surface area contributed by atoms with E-state index < -0.39 is 7.82 Å². The molecule has 5 heteroatoms. The second kappa shape index (κ2) is 5.27. The second-order valence-electron chi connectivity index (χ2n) is 2.40. The summed E-state index contributed by atoms with van der Waals surface area (Å²) in [7, 11) is -3.68. The third-order valence-corrected chi connectivity index (χ3v) is 2.62. The molecule has 15 heavy (non-hydrogen) atoms. The molecule has 0 saturated carbocycles. The topological polar surface area (TPSA) is 44.8 Å². The Hall–Kier alpha value is -1.67. The molecule has 0 fully saturated rings. The van der Waals surface area contributed by atoms with Crippen molar-refractivity contribution in [2.24, 2.45) is 0 Å². The Kier molecular flexibility index (Phi) is 4.01. The summed E-state index contributed by atoms with van der Waals surface area (Å²) in [5.41, 5.74) is 0. The Bertz CT molecular complexity index is 360. The molecule has 1 aromatic rings. The van der Waals surface area contributed by atoms with Gasteiger partial charge in [-0.05, 0) is 12.1 Å². The van der Waals surface area contributed by atoms with Crippen molar-refractivity contribution in [2.75, 3.05) is 0 Å². The molecular formula is C10H11O4P. The zero-order valence-corrected chi connectivity index (χ0v) is 8.93. The molecule has 0 N–H and O–H groups in total. The lowest BCUT2D eigenvalue weighted by Gasteiger charge is -2.14. The first kappa shape index (κ1) is 11.4.